The Bertz CT molecular complexity index is 748. The molecule has 3 nitrogen and oxygen atoms in total. The first-order valence-corrected chi connectivity index (χ1v) is 14.2. The molecule has 1 atom stereocenters. The Balaban J connectivity index is 1.59. The number of ether oxygens (including phenoxy) is 2. The zero-order valence-corrected chi connectivity index (χ0v) is 22.3. The molecule has 2 aromatic rings. The highest BCUT2D eigenvalue weighted by Gasteiger charge is 2.08. The van der Waals surface area contributed by atoms with E-state index in [0.717, 1.165) is 42.9 Å². The van der Waals surface area contributed by atoms with Gasteiger partial charge in [-0.25, -0.2) is 4.39 Å². The number of hydrogen-bond donors (Lipinski definition) is 0. The van der Waals surface area contributed by atoms with Crippen molar-refractivity contribution in [2.75, 3.05) is 13.2 Å². The number of hydrogen-bond acceptors (Lipinski definition) is 3. The van der Waals surface area contributed by atoms with Gasteiger partial charge in [0.1, 0.15) is 24.3 Å². The molecule has 2 rings (SSSR count). The normalized spacial score (nSPS) is 12.0. The van der Waals surface area contributed by atoms with Crippen molar-refractivity contribution in [2.24, 2.45) is 0 Å². The third-order valence-corrected chi connectivity index (χ3v) is 6.45. The zero-order valence-electron chi connectivity index (χ0n) is 22.3. The van der Waals surface area contributed by atoms with Gasteiger partial charge in [-0.15, -0.1) is 0 Å². The van der Waals surface area contributed by atoms with Crippen LogP contribution in [0.5, 0.6) is 11.5 Å². The van der Waals surface area contributed by atoms with E-state index in [0.29, 0.717) is 12.2 Å². The molecule has 0 amide bonds. The third-order valence-electron chi connectivity index (χ3n) is 6.45. The van der Waals surface area contributed by atoms with Gasteiger partial charge < -0.3 is 9.47 Å². The van der Waals surface area contributed by atoms with E-state index in [4.69, 9.17) is 9.47 Å². The van der Waals surface area contributed by atoms with Gasteiger partial charge in [0.2, 0.25) is 0 Å². The number of alkyl halides is 1. The molecule has 0 spiro atoms. The molecule has 0 radical (unpaired) electrons. The minimum absolute atomic E-state index is 0.0955. The van der Waals surface area contributed by atoms with Crippen molar-refractivity contribution in [3.8, 4) is 22.8 Å². The second-order valence-corrected chi connectivity index (χ2v) is 9.69. The number of nitrogens with zero attached hydrogens (tertiary/aromatic N) is 1. The number of rotatable bonds is 21. The molecule has 196 valence electrons. The maximum atomic E-state index is 14.0. The molecule has 1 unspecified atom stereocenters. The molecule has 0 N–H and O–H groups in total. The van der Waals surface area contributed by atoms with Gasteiger partial charge in [0.05, 0.1) is 18.5 Å². The van der Waals surface area contributed by atoms with Crippen LogP contribution < -0.4 is 9.47 Å². The smallest absolute Gasteiger partial charge is 0.137 e. The highest BCUT2D eigenvalue weighted by molar-refractivity contribution is 5.60. The minimum atomic E-state index is -0.917. The molecule has 0 aliphatic carbocycles. The molecule has 0 saturated carbocycles. The monoisotopic (exact) mass is 485 g/mol. The number of benzene rings is 1. The molecule has 0 fully saturated rings. The maximum Gasteiger partial charge on any atom is 0.137 e. The van der Waals surface area contributed by atoms with E-state index in [1.807, 2.05) is 36.4 Å². The van der Waals surface area contributed by atoms with Gasteiger partial charge in [0.25, 0.3) is 0 Å². The maximum absolute atomic E-state index is 14.0. The lowest BCUT2D eigenvalue weighted by atomic mass is 10.1. The standard InChI is InChI=1S/C31H48FNO2/c1-3-5-7-9-10-11-12-13-14-16-24-34-29-20-18-27(19-21-29)31-23-22-30(25-33-31)35-26-28(32)17-15-8-6-4-2/h18-23,25,28H,3-17,24,26H2,1-2H3. The highest BCUT2D eigenvalue weighted by Crippen LogP contribution is 2.23. The molecular formula is C31H48FNO2. The second-order valence-electron chi connectivity index (χ2n) is 9.69. The fraction of sp³-hybridized carbons (Fsp3) is 0.645. The lowest BCUT2D eigenvalue weighted by molar-refractivity contribution is 0.183. The van der Waals surface area contributed by atoms with Crippen LogP contribution >= 0.6 is 0 Å². The van der Waals surface area contributed by atoms with E-state index >= 15 is 0 Å². The average Bonchev–Trinajstić information content (AvgIpc) is 2.89. The Morgan fingerprint density at radius 1 is 0.657 bits per heavy atom. The molecule has 1 heterocycles. The van der Waals surface area contributed by atoms with Gasteiger partial charge >= 0.3 is 0 Å². The van der Waals surface area contributed by atoms with Crippen LogP contribution in [-0.4, -0.2) is 24.4 Å². The summed E-state index contributed by atoms with van der Waals surface area (Å²) in [5.41, 5.74) is 1.90. The lowest BCUT2D eigenvalue weighted by Crippen LogP contribution is -2.12. The van der Waals surface area contributed by atoms with Crippen molar-refractivity contribution in [3.05, 3.63) is 42.6 Å². The van der Waals surface area contributed by atoms with Crippen LogP contribution in [0.3, 0.4) is 0 Å². The van der Waals surface area contributed by atoms with Crippen LogP contribution in [0.1, 0.15) is 110 Å². The van der Waals surface area contributed by atoms with E-state index in [-0.39, 0.29) is 6.61 Å². The molecule has 35 heavy (non-hydrogen) atoms. The first kappa shape index (κ1) is 29.1. The highest BCUT2D eigenvalue weighted by atomic mass is 19.1. The summed E-state index contributed by atoms with van der Waals surface area (Å²) >= 11 is 0. The summed E-state index contributed by atoms with van der Waals surface area (Å²) in [5, 5.41) is 0. The van der Waals surface area contributed by atoms with Gasteiger partial charge in [-0.2, -0.15) is 0 Å². The number of pyridine rings is 1. The van der Waals surface area contributed by atoms with Crippen molar-refractivity contribution in [1.29, 1.82) is 0 Å². The molecule has 0 saturated heterocycles. The van der Waals surface area contributed by atoms with Crippen LogP contribution in [0.15, 0.2) is 42.6 Å². The van der Waals surface area contributed by atoms with Crippen molar-refractivity contribution < 1.29 is 13.9 Å². The Labute approximate surface area is 213 Å². The Kier molecular flexibility index (Phi) is 15.9. The number of aromatic nitrogens is 1. The van der Waals surface area contributed by atoms with Crippen molar-refractivity contribution in [3.63, 3.8) is 0 Å². The van der Waals surface area contributed by atoms with Gasteiger partial charge in [0, 0.05) is 5.56 Å². The Morgan fingerprint density at radius 2 is 1.23 bits per heavy atom. The fourth-order valence-corrected chi connectivity index (χ4v) is 4.20. The largest absolute Gasteiger partial charge is 0.494 e. The molecule has 1 aromatic heterocycles. The molecule has 0 aliphatic heterocycles. The zero-order chi connectivity index (χ0) is 25.0. The SMILES string of the molecule is CCCCCCCCCCCCOc1ccc(-c2ccc(OCC(F)CCCCCC)cn2)cc1. The van der Waals surface area contributed by atoms with E-state index in [9.17, 15) is 4.39 Å². The van der Waals surface area contributed by atoms with Crippen molar-refractivity contribution in [2.45, 2.75) is 116 Å². The number of unbranched alkanes of at least 4 members (excludes halogenated alkanes) is 12. The summed E-state index contributed by atoms with van der Waals surface area (Å²) in [6.45, 7) is 5.30. The quantitative estimate of drug-likeness (QED) is 0.165. The molecule has 0 bridgehead atoms. The third kappa shape index (κ3) is 13.5. The van der Waals surface area contributed by atoms with Crippen molar-refractivity contribution in [1.82, 2.24) is 4.98 Å². The Morgan fingerprint density at radius 3 is 1.83 bits per heavy atom. The van der Waals surface area contributed by atoms with E-state index < -0.39 is 6.17 Å². The summed E-state index contributed by atoms with van der Waals surface area (Å²) in [4.78, 5) is 4.49. The van der Waals surface area contributed by atoms with E-state index in [2.05, 4.69) is 18.8 Å². The minimum Gasteiger partial charge on any atom is -0.494 e. The van der Waals surface area contributed by atoms with Crippen LogP contribution in [0.25, 0.3) is 11.3 Å². The first-order chi connectivity index (χ1) is 17.2. The van der Waals surface area contributed by atoms with Gasteiger partial charge in [-0.05, 0) is 49.2 Å². The first-order valence-electron chi connectivity index (χ1n) is 14.2. The second kappa shape index (κ2) is 19.1. The molecule has 0 aliphatic rings. The molecule has 4 heteroatoms. The molecular weight excluding hydrogens is 437 g/mol. The topological polar surface area (TPSA) is 31.4 Å². The summed E-state index contributed by atoms with van der Waals surface area (Å²) in [6.07, 6.45) is 19.0. The van der Waals surface area contributed by atoms with Gasteiger partial charge in [-0.3, -0.25) is 4.98 Å². The Hall–Kier alpha value is -2.10. The predicted octanol–water partition coefficient (Wildman–Crippen LogP) is 9.74. The predicted molar refractivity (Wildman–Crippen MR) is 146 cm³/mol. The van der Waals surface area contributed by atoms with Crippen LogP contribution in [-0.2, 0) is 0 Å². The van der Waals surface area contributed by atoms with Crippen LogP contribution in [0.2, 0.25) is 0 Å². The van der Waals surface area contributed by atoms with Gasteiger partial charge in [-0.1, -0.05) is 97.3 Å². The van der Waals surface area contributed by atoms with Gasteiger partial charge in [0.15, 0.2) is 0 Å². The molecule has 1 aromatic carbocycles. The lowest BCUT2D eigenvalue weighted by Gasteiger charge is -2.11. The summed E-state index contributed by atoms with van der Waals surface area (Å²) in [5.74, 6) is 1.51. The fourth-order valence-electron chi connectivity index (χ4n) is 4.20. The van der Waals surface area contributed by atoms with Crippen molar-refractivity contribution >= 4 is 0 Å². The summed E-state index contributed by atoms with van der Waals surface area (Å²) in [6, 6.07) is 11.9. The summed E-state index contributed by atoms with van der Waals surface area (Å²) in [7, 11) is 0. The van der Waals surface area contributed by atoms with E-state index in [1.54, 1.807) is 6.20 Å². The van der Waals surface area contributed by atoms with Crippen LogP contribution in [0, 0.1) is 0 Å². The average molecular weight is 486 g/mol. The van der Waals surface area contributed by atoms with Crippen LogP contribution in [0.4, 0.5) is 4.39 Å². The summed E-state index contributed by atoms with van der Waals surface area (Å²) < 4.78 is 25.5. The number of halogens is 1. The van der Waals surface area contributed by atoms with E-state index in [1.165, 1.54) is 70.6 Å².